The number of allylic oxidation sites excluding steroid dienone is 2. The molecule has 0 spiro atoms. The minimum absolute atomic E-state index is 0.340. The minimum atomic E-state index is -0.939. The predicted octanol–water partition coefficient (Wildman–Crippen LogP) is 8.04. The lowest BCUT2D eigenvalue weighted by Gasteiger charge is -2.36. The maximum Gasteiger partial charge on any atom is 0.159 e. The van der Waals surface area contributed by atoms with Gasteiger partial charge in [0.25, 0.3) is 0 Å². The second-order valence-electron chi connectivity index (χ2n) is 9.16. The van der Waals surface area contributed by atoms with Crippen LogP contribution in [0.15, 0.2) is 42.5 Å². The zero-order valence-corrected chi connectivity index (χ0v) is 17.8. The molecule has 2 aliphatic carbocycles. The van der Waals surface area contributed by atoms with E-state index in [1.165, 1.54) is 44.6 Å². The lowest BCUT2D eigenvalue weighted by atomic mass is 9.69. The second kappa shape index (κ2) is 9.41. The van der Waals surface area contributed by atoms with Crippen LogP contribution in [0.2, 0.25) is 0 Å². The van der Waals surface area contributed by atoms with E-state index in [4.69, 9.17) is 0 Å². The fourth-order valence-electron chi connectivity index (χ4n) is 5.54. The molecule has 0 saturated heterocycles. The molecular weight excluding hydrogens is 381 g/mol. The molecule has 2 aliphatic rings. The van der Waals surface area contributed by atoms with Gasteiger partial charge in [-0.25, -0.2) is 13.2 Å². The first-order chi connectivity index (χ1) is 14.5. The SMILES string of the molecule is C/C=C/CCC1CCC(C2CCc3cc(-c4ccc(F)c(F)c4)c(F)cc3C2)CC1. The average molecular weight is 413 g/mol. The van der Waals surface area contributed by atoms with E-state index in [0.29, 0.717) is 17.0 Å². The first-order valence-corrected chi connectivity index (χ1v) is 11.4. The Labute approximate surface area is 178 Å². The van der Waals surface area contributed by atoms with Gasteiger partial charge >= 0.3 is 0 Å². The molecule has 0 radical (unpaired) electrons. The van der Waals surface area contributed by atoms with Gasteiger partial charge in [-0.2, -0.15) is 0 Å². The van der Waals surface area contributed by atoms with Crippen LogP contribution in [0.3, 0.4) is 0 Å². The Bertz CT molecular complexity index is 907. The molecule has 0 nitrogen and oxygen atoms in total. The lowest BCUT2D eigenvalue weighted by Crippen LogP contribution is -2.26. The van der Waals surface area contributed by atoms with E-state index in [0.717, 1.165) is 54.4 Å². The first kappa shape index (κ1) is 21.2. The monoisotopic (exact) mass is 412 g/mol. The first-order valence-electron chi connectivity index (χ1n) is 11.4. The summed E-state index contributed by atoms with van der Waals surface area (Å²) in [6.07, 6.45) is 15.2. The van der Waals surface area contributed by atoms with E-state index in [9.17, 15) is 13.2 Å². The van der Waals surface area contributed by atoms with Gasteiger partial charge in [-0.3, -0.25) is 0 Å². The van der Waals surface area contributed by atoms with E-state index in [1.54, 1.807) is 6.07 Å². The molecule has 1 fully saturated rings. The van der Waals surface area contributed by atoms with Gasteiger partial charge in [0, 0.05) is 5.56 Å². The molecule has 0 N–H and O–H groups in total. The third-order valence-electron chi connectivity index (χ3n) is 7.32. The molecule has 0 heterocycles. The molecule has 0 aliphatic heterocycles. The third-order valence-corrected chi connectivity index (χ3v) is 7.32. The van der Waals surface area contributed by atoms with Crippen LogP contribution >= 0.6 is 0 Å². The summed E-state index contributed by atoms with van der Waals surface area (Å²) in [6, 6.07) is 7.09. The summed E-state index contributed by atoms with van der Waals surface area (Å²) in [7, 11) is 0. The fourth-order valence-corrected chi connectivity index (χ4v) is 5.54. The quantitative estimate of drug-likeness (QED) is 0.436. The summed E-state index contributed by atoms with van der Waals surface area (Å²) in [5.74, 6) is 0.0765. The highest BCUT2D eigenvalue weighted by Gasteiger charge is 2.30. The number of rotatable bonds is 5. The van der Waals surface area contributed by atoms with Gasteiger partial charge in [-0.05, 0) is 111 Å². The van der Waals surface area contributed by atoms with Crippen molar-refractivity contribution >= 4 is 0 Å². The van der Waals surface area contributed by atoms with Crippen LogP contribution in [-0.2, 0) is 12.8 Å². The van der Waals surface area contributed by atoms with Crippen LogP contribution in [0.4, 0.5) is 13.2 Å². The molecule has 0 amide bonds. The van der Waals surface area contributed by atoms with Gasteiger partial charge < -0.3 is 0 Å². The van der Waals surface area contributed by atoms with Crippen LogP contribution < -0.4 is 0 Å². The maximum atomic E-state index is 14.8. The van der Waals surface area contributed by atoms with E-state index in [2.05, 4.69) is 19.1 Å². The van der Waals surface area contributed by atoms with Crippen molar-refractivity contribution in [1.29, 1.82) is 0 Å². The zero-order valence-electron chi connectivity index (χ0n) is 17.8. The van der Waals surface area contributed by atoms with Crippen LogP contribution in [-0.4, -0.2) is 0 Å². The molecule has 2 aromatic carbocycles. The molecule has 4 rings (SSSR count). The Hall–Kier alpha value is -2.03. The molecular formula is C27H31F3. The van der Waals surface area contributed by atoms with Crippen LogP contribution in [0.1, 0.15) is 63.0 Å². The summed E-state index contributed by atoms with van der Waals surface area (Å²) in [6.45, 7) is 2.08. The number of hydrogen-bond donors (Lipinski definition) is 0. The summed E-state index contributed by atoms with van der Waals surface area (Å²) in [5, 5.41) is 0. The number of benzene rings is 2. The van der Waals surface area contributed by atoms with Crippen molar-refractivity contribution in [2.45, 2.75) is 64.7 Å². The normalized spacial score (nSPS) is 24.2. The highest BCUT2D eigenvalue weighted by atomic mass is 19.2. The zero-order chi connectivity index (χ0) is 21.1. The van der Waals surface area contributed by atoms with E-state index < -0.39 is 11.6 Å². The van der Waals surface area contributed by atoms with Crippen molar-refractivity contribution in [1.82, 2.24) is 0 Å². The highest BCUT2D eigenvalue weighted by molar-refractivity contribution is 5.66. The topological polar surface area (TPSA) is 0 Å². The van der Waals surface area contributed by atoms with Crippen molar-refractivity contribution in [2.75, 3.05) is 0 Å². The van der Waals surface area contributed by atoms with E-state index in [-0.39, 0.29) is 5.82 Å². The largest absolute Gasteiger partial charge is 0.206 e. The lowest BCUT2D eigenvalue weighted by molar-refractivity contribution is 0.185. The Morgan fingerprint density at radius 2 is 1.63 bits per heavy atom. The van der Waals surface area contributed by atoms with Crippen molar-refractivity contribution in [2.24, 2.45) is 17.8 Å². The third kappa shape index (κ3) is 4.66. The van der Waals surface area contributed by atoms with Crippen molar-refractivity contribution < 1.29 is 13.2 Å². The van der Waals surface area contributed by atoms with Gasteiger partial charge in [-0.1, -0.05) is 31.1 Å². The van der Waals surface area contributed by atoms with Crippen LogP contribution in [0.5, 0.6) is 0 Å². The molecule has 1 saturated carbocycles. The molecule has 160 valence electrons. The molecule has 0 bridgehead atoms. The Morgan fingerprint density at radius 3 is 2.37 bits per heavy atom. The Kier molecular flexibility index (Phi) is 6.65. The van der Waals surface area contributed by atoms with Crippen molar-refractivity contribution in [3.63, 3.8) is 0 Å². The molecule has 3 heteroatoms. The summed E-state index contributed by atoms with van der Waals surface area (Å²) in [5.41, 5.74) is 3.03. The van der Waals surface area contributed by atoms with Gasteiger partial charge in [0.2, 0.25) is 0 Å². The smallest absolute Gasteiger partial charge is 0.159 e. The summed E-state index contributed by atoms with van der Waals surface area (Å²) in [4.78, 5) is 0. The average Bonchev–Trinajstić information content (AvgIpc) is 2.75. The summed E-state index contributed by atoms with van der Waals surface area (Å²) < 4.78 is 41.7. The van der Waals surface area contributed by atoms with E-state index in [1.807, 2.05) is 6.07 Å². The number of halogens is 3. The molecule has 1 atom stereocenters. The molecule has 2 aromatic rings. The van der Waals surface area contributed by atoms with E-state index >= 15 is 0 Å². The fraction of sp³-hybridized carbons (Fsp3) is 0.481. The van der Waals surface area contributed by atoms with Crippen LogP contribution in [0.25, 0.3) is 11.1 Å². The molecule has 1 unspecified atom stereocenters. The molecule has 30 heavy (non-hydrogen) atoms. The van der Waals surface area contributed by atoms with Crippen molar-refractivity contribution in [3.05, 3.63) is 71.1 Å². The number of hydrogen-bond acceptors (Lipinski definition) is 0. The summed E-state index contributed by atoms with van der Waals surface area (Å²) >= 11 is 0. The Morgan fingerprint density at radius 1 is 0.833 bits per heavy atom. The second-order valence-corrected chi connectivity index (χ2v) is 9.16. The number of aryl methyl sites for hydroxylation is 1. The minimum Gasteiger partial charge on any atom is -0.206 e. The van der Waals surface area contributed by atoms with Crippen molar-refractivity contribution in [3.8, 4) is 11.1 Å². The van der Waals surface area contributed by atoms with Gasteiger partial charge in [-0.15, -0.1) is 0 Å². The van der Waals surface area contributed by atoms with Gasteiger partial charge in [0.15, 0.2) is 11.6 Å². The standard InChI is InChI=1S/C27H31F3/c1-2-3-4-5-18-6-8-19(9-7-18)20-10-11-21-15-24(26(29)17-23(21)14-20)22-12-13-25(28)27(30)16-22/h2-3,12-13,15-20H,4-11,14H2,1H3/b3-2+. The van der Waals surface area contributed by atoms with Crippen LogP contribution in [0, 0.1) is 35.2 Å². The Balaban J connectivity index is 1.42. The molecule has 0 aromatic heterocycles. The van der Waals surface area contributed by atoms with Gasteiger partial charge in [0.05, 0.1) is 0 Å². The number of fused-ring (bicyclic) bond motifs is 1. The maximum absolute atomic E-state index is 14.8. The highest BCUT2D eigenvalue weighted by Crippen LogP contribution is 2.41. The predicted molar refractivity (Wildman–Crippen MR) is 117 cm³/mol. The van der Waals surface area contributed by atoms with Gasteiger partial charge in [0.1, 0.15) is 5.82 Å².